The Kier molecular flexibility index (Phi) is 5.98. The number of carbonyl (C=O) groups is 1. The maximum Gasteiger partial charge on any atom is 0.230 e. The third kappa shape index (κ3) is 4.76. The Morgan fingerprint density at radius 3 is 2.75 bits per heavy atom. The summed E-state index contributed by atoms with van der Waals surface area (Å²) in [5, 5.41) is 8.32. The van der Waals surface area contributed by atoms with E-state index in [-0.39, 0.29) is 11.9 Å². The molecule has 0 bridgehead atoms. The Balaban J connectivity index is 1.34. The molecule has 4 rings (SSSR count). The van der Waals surface area contributed by atoms with Crippen LogP contribution in [0.5, 0.6) is 0 Å². The van der Waals surface area contributed by atoms with Crippen LogP contribution < -0.4 is 5.32 Å². The first kappa shape index (κ1) is 18.6. The number of amides is 1. The van der Waals surface area contributed by atoms with Gasteiger partial charge in [-0.05, 0) is 17.7 Å². The quantitative estimate of drug-likeness (QED) is 0.481. The third-order valence-electron chi connectivity index (χ3n) is 4.17. The summed E-state index contributed by atoms with van der Waals surface area (Å²) >= 11 is 3.26. The molecule has 0 fully saturated rings. The van der Waals surface area contributed by atoms with Crippen LogP contribution in [0.3, 0.4) is 0 Å². The number of aromatic nitrogens is 4. The van der Waals surface area contributed by atoms with E-state index < -0.39 is 0 Å². The van der Waals surface area contributed by atoms with Gasteiger partial charge in [0.25, 0.3) is 0 Å². The molecule has 0 saturated heterocycles. The zero-order chi connectivity index (χ0) is 19.2. The van der Waals surface area contributed by atoms with Crippen molar-refractivity contribution < 1.29 is 4.79 Å². The molecule has 142 valence electrons. The molecule has 1 atom stereocenters. The first-order valence-corrected chi connectivity index (χ1v) is 10.8. The van der Waals surface area contributed by atoms with Gasteiger partial charge in [-0.25, -0.2) is 9.97 Å². The van der Waals surface area contributed by atoms with Crippen LogP contribution in [0.2, 0.25) is 0 Å². The molecule has 4 aromatic rings. The molecule has 2 aromatic carbocycles. The summed E-state index contributed by atoms with van der Waals surface area (Å²) < 4.78 is 2.91. The van der Waals surface area contributed by atoms with Gasteiger partial charge < -0.3 is 5.32 Å². The maximum absolute atomic E-state index is 12.5. The average Bonchev–Trinajstić information content (AvgIpc) is 3.37. The van der Waals surface area contributed by atoms with E-state index in [9.17, 15) is 4.79 Å². The van der Waals surface area contributed by atoms with Crippen molar-refractivity contribution in [1.29, 1.82) is 0 Å². The molecule has 6 nitrogen and oxygen atoms in total. The zero-order valence-electron chi connectivity index (χ0n) is 15.1. The number of para-hydroxylation sites is 1. The second-order valence-electron chi connectivity index (χ2n) is 6.22. The number of hydrogen-bond donors (Lipinski definition) is 1. The predicted molar refractivity (Wildman–Crippen MR) is 113 cm³/mol. The highest BCUT2D eigenvalue weighted by atomic mass is 32.2. The first-order chi connectivity index (χ1) is 13.8. The Morgan fingerprint density at radius 1 is 1.14 bits per heavy atom. The van der Waals surface area contributed by atoms with Crippen molar-refractivity contribution in [3.8, 4) is 0 Å². The maximum atomic E-state index is 12.5. The highest BCUT2D eigenvalue weighted by Crippen LogP contribution is 2.24. The van der Waals surface area contributed by atoms with E-state index in [1.165, 1.54) is 11.0 Å². The molecule has 1 N–H and O–H groups in total. The number of rotatable bonds is 8. The van der Waals surface area contributed by atoms with Crippen LogP contribution >= 0.6 is 23.1 Å². The summed E-state index contributed by atoms with van der Waals surface area (Å²) in [7, 11) is 0. The van der Waals surface area contributed by atoms with Crippen LogP contribution in [-0.2, 0) is 17.1 Å². The van der Waals surface area contributed by atoms with Gasteiger partial charge in [-0.15, -0.1) is 23.1 Å². The summed E-state index contributed by atoms with van der Waals surface area (Å²) in [4.78, 5) is 21.1. The molecule has 0 aliphatic rings. The van der Waals surface area contributed by atoms with Crippen molar-refractivity contribution in [2.24, 2.45) is 0 Å². The van der Waals surface area contributed by atoms with Crippen molar-refractivity contribution in [2.75, 3.05) is 5.75 Å². The molecule has 0 saturated carbocycles. The first-order valence-electron chi connectivity index (χ1n) is 8.87. The lowest BCUT2D eigenvalue weighted by Crippen LogP contribution is -2.32. The Bertz CT molecular complexity index is 1000. The van der Waals surface area contributed by atoms with Crippen LogP contribution in [0, 0.1) is 0 Å². The van der Waals surface area contributed by atoms with Crippen molar-refractivity contribution in [3.63, 3.8) is 0 Å². The Morgan fingerprint density at radius 2 is 1.96 bits per heavy atom. The fourth-order valence-electron chi connectivity index (χ4n) is 2.88. The standard InChI is InChI=1S/C20H19N5OS2/c26-19(11-27-12-20-24-16-8-4-5-9-18(16)28-20)23-17(10-25-14-21-13-22-25)15-6-2-1-3-7-15/h1-9,13-14,17H,10-12H2,(H,23,26). The zero-order valence-corrected chi connectivity index (χ0v) is 16.7. The van der Waals surface area contributed by atoms with Crippen LogP contribution in [0.1, 0.15) is 16.6 Å². The number of nitrogens with zero attached hydrogens (tertiary/aromatic N) is 4. The van der Waals surface area contributed by atoms with Gasteiger partial charge in [0.2, 0.25) is 5.91 Å². The van der Waals surface area contributed by atoms with E-state index in [1.54, 1.807) is 34.1 Å². The fraction of sp³-hybridized carbons (Fsp3) is 0.200. The minimum Gasteiger partial charge on any atom is -0.347 e. The topological polar surface area (TPSA) is 72.7 Å². The van der Waals surface area contributed by atoms with E-state index in [2.05, 4.69) is 26.4 Å². The van der Waals surface area contributed by atoms with Gasteiger partial charge in [-0.1, -0.05) is 42.5 Å². The van der Waals surface area contributed by atoms with E-state index in [4.69, 9.17) is 0 Å². The molecule has 1 amide bonds. The monoisotopic (exact) mass is 409 g/mol. The summed E-state index contributed by atoms with van der Waals surface area (Å²) in [6, 6.07) is 17.9. The predicted octanol–water partition coefficient (Wildman–Crippen LogP) is 3.68. The molecule has 1 unspecified atom stereocenters. The van der Waals surface area contributed by atoms with E-state index in [0.717, 1.165) is 21.8 Å². The summed E-state index contributed by atoms with van der Waals surface area (Å²) in [5.74, 6) is 1.11. The van der Waals surface area contributed by atoms with E-state index >= 15 is 0 Å². The van der Waals surface area contributed by atoms with E-state index in [0.29, 0.717) is 12.3 Å². The lowest BCUT2D eigenvalue weighted by Gasteiger charge is -2.19. The van der Waals surface area contributed by atoms with Gasteiger partial charge in [-0.3, -0.25) is 9.48 Å². The summed E-state index contributed by atoms with van der Waals surface area (Å²) in [5.41, 5.74) is 2.06. The van der Waals surface area contributed by atoms with Crippen LogP contribution in [0.15, 0.2) is 67.3 Å². The second kappa shape index (κ2) is 8.99. The smallest absolute Gasteiger partial charge is 0.230 e. The lowest BCUT2D eigenvalue weighted by atomic mass is 10.1. The molecule has 2 aromatic heterocycles. The van der Waals surface area contributed by atoms with Crippen molar-refractivity contribution >= 4 is 39.2 Å². The van der Waals surface area contributed by atoms with E-state index in [1.807, 2.05) is 48.5 Å². The van der Waals surface area contributed by atoms with Crippen LogP contribution in [0.4, 0.5) is 0 Å². The van der Waals surface area contributed by atoms with Gasteiger partial charge >= 0.3 is 0 Å². The molecular formula is C20H19N5OS2. The van der Waals surface area contributed by atoms with Crippen molar-refractivity contribution in [1.82, 2.24) is 25.1 Å². The fourth-order valence-corrected chi connectivity index (χ4v) is 4.74. The highest BCUT2D eigenvalue weighted by molar-refractivity contribution is 7.99. The number of hydrogen-bond acceptors (Lipinski definition) is 6. The molecule has 0 spiro atoms. The third-order valence-corrected chi connectivity index (χ3v) is 6.33. The van der Waals surface area contributed by atoms with Crippen molar-refractivity contribution in [3.05, 3.63) is 77.8 Å². The molecule has 2 heterocycles. The number of fused-ring (bicyclic) bond motifs is 1. The number of nitrogens with one attached hydrogen (secondary N) is 1. The van der Waals surface area contributed by atoms with Gasteiger partial charge in [0.05, 0.1) is 28.6 Å². The number of thioether (sulfide) groups is 1. The molecule has 0 radical (unpaired) electrons. The Labute approximate surface area is 171 Å². The number of thiazole rings is 1. The normalized spacial score (nSPS) is 12.1. The molecule has 8 heteroatoms. The average molecular weight is 410 g/mol. The Hall–Kier alpha value is -2.71. The lowest BCUT2D eigenvalue weighted by molar-refractivity contribution is -0.119. The summed E-state index contributed by atoms with van der Waals surface area (Å²) in [6.07, 6.45) is 3.15. The number of benzene rings is 2. The van der Waals surface area contributed by atoms with Crippen molar-refractivity contribution in [2.45, 2.75) is 18.3 Å². The largest absolute Gasteiger partial charge is 0.347 e. The summed E-state index contributed by atoms with van der Waals surface area (Å²) in [6.45, 7) is 0.540. The number of carbonyl (C=O) groups excluding carboxylic acids is 1. The van der Waals surface area contributed by atoms with Crippen LogP contribution in [-0.4, -0.2) is 31.4 Å². The minimum absolute atomic E-state index is 0.0000736. The molecule has 28 heavy (non-hydrogen) atoms. The van der Waals surface area contributed by atoms with Gasteiger partial charge in [-0.2, -0.15) is 5.10 Å². The van der Waals surface area contributed by atoms with Gasteiger partial charge in [0, 0.05) is 5.75 Å². The highest BCUT2D eigenvalue weighted by Gasteiger charge is 2.16. The van der Waals surface area contributed by atoms with Gasteiger partial charge in [0.15, 0.2) is 0 Å². The molecule has 0 aliphatic carbocycles. The SMILES string of the molecule is O=C(CSCc1nc2ccccc2s1)NC(Cn1cncn1)c1ccccc1. The molecular weight excluding hydrogens is 390 g/mol. The minimum atomic E-state index is -0.154. The molecule has 0 aliphatic heterocycles. The van der Waals surface area contributed by atoms with Crippen LogP contribution in [0.25, 0.3) is 10.2 Å². The second-order valence-corrected chi connectivity index (χ2v) is 8.32. The van der Waals surface area contributed by atoms with Gasteiger partial charge in [0.1, 0.15) is 17.7 Å².